The van der Waals surface area contributed by atoms with E-state index in [0.29, 0.717) is 6.42 Å². The van der Waals surface area contributed by atoms with E-state index in [9.17, 15) is 19.1 Å². The van der Waals surface area contributed by atoms with Gasteiger partial charge in [-0.15, -0.1) is 11.8 Å². The highest BCUT2D eigenvalue weighted by Gasteiger charge is 2.44. The van der Waals surface area contributed by atoms with Crippen molar-refractivity contribution in [1.82, 2.24) is 19.5 Å². The smallest absolute Gasteiger partial charge is 0.280 e. The molecule has 0 bridgehead atoms. The molecular weight excluding hydrogens is 349 g/mol. The van der Waals surface area contributed by atoms with Gasteiger partial charge in [-0.25, -0.2) is 9.37 Å². The fourth-order valence-electron chi connectivity index (χ4n) is 2.70. The van der Waals surface area contributed by atoms with Gasteiger partial charge in [-0.05, 0) is 6.42 Å². The van der Waals surface area contributed by atoms with E-state index in [4.69, 9.17) is 0 Å². The highest BCUT2D eigenvalue weighted by Crippen LogP contribution is 2.45. The Morgan fingerprint density at radius 1 is 1.56 bits per heavy atom. The minimum absolute atomic E-state index is 0.000670. The van der Waals surface area contributed by atoms with Crippen molar-refractivity contribution in [2.45, 2.75) is 50.1 Å². The van der Waals surface area contributed by atoms with Crippen molar-refractivity contribution in [3.8, 4) is 0 Å². The number of aromatic nitrogens is 4. The Labute approximate surface area is 147 Å². The zero-order valence-electron chi connectivity index (χ0n) is 14.1. The third-order valence-electron chi connectivity index (χ3n) is 4.16. The van der Waals surface area contributed by atoms with Crippen LogP contribution in [0, 0.1) is 5.92 Å². The van der Waals surface area contributed by atoms with Crippen LogP contribution in [0.2, 0.25) is 0 Å². The maximum Gasteiger partial charge on any atom is 0.280 e. The number of aliphatic hydroxyl groups excluding tert-OH is 1. The summed E-state index contributed by atoms with van der Waals surface area (Å²) in [6, 6.07) is 0. The van der Waals surface area contributed by atoms with Crippen molar-refractivity contribution >= 4 is 34.8 Å². The lowest BCUT2D eigenvalue weighted by atomic mass is 10.1. The topological polar surface area (TPSA) is 113 Å². The Morgan fingerprint density at radius 3 is 2.88 bits per heavy atom. The minimum Gasteiger partial charge on any atom is -0.387 e. The largest absolute Gasteiger partial charge is 0.387 e. The maximum absolute atomic E-state index is 14.2. The SMILES string of the molecule is CC[C@H]1S[C@@H](n2cnc3c(=O)[nH]c(NC(=O)C(C)C)nc32)C(O)[C@H]1F. The van der Waals surface area contributed by atoms with Crippen LogP contribution in [-0.4, -0.2) is 48.1 Å². The Kier molecular flexibility index (Phi) is 4.83. The van der Waals surface area contributed by atoms with Gasteiger partial charge in [0.1, 0.15) is 17.6 Å². The molecule has 3 rings (SSSR count). The molecule has 1 aliphatic rings. The summed E-state index contributed by atoms with van der Waals surface area (Å²) in [7, 11) is 0. The number of aromatic amines is 1. The van der Waals surface area contributed by atoms with Crippen molar-refractivity contribution < 1.29 is 14.3 Å². The van der Waals surface area contributed by atoms with E-state index >= 15 is 0 Å². The number of amides is 1. The van der Waals surface area contributed by atoms with Gasteiger partial charge in [0, 0.05) is 11.2 Å². The van der Waals surface area contributed by atoms with Gasteiger partial charge in [0.05, 0.1) is 6.33 Å². The molecule has 25 heavy (non-hydrogen) atoms. The summed E-state index contributed by atoms with van der Waals surface area (Å²) in [5.41, 5.74) is -0.238. The highest BCUT2D eigenvalue weighted by atomic mass is 32.2. The van der Waals surface area contributed by atoms with Crippen molar-refractivity contribution in [2.24, 2.45) is 5.92 Å². The summed E-state index contributed by atoms with van der Waals surface area (Å²) in [6.45, 7) is 5.29. The average molecular weight is 369 g/mol. The number of fused-ring (bicyclic) bond motifs is 1. The molecule has 10 heteroatoms. The normalized spacial score (nSPS) is 26.5. The number of halogens is 1. The number of imidazole rings is 1. The number of aliphatic hydroxyl groups is 1. The number of alkyl halides is 1. The second-order valence-electron chi connectivity index (χ2n) is 6.29. The van der Waals surface area contributed by atoms with Crippen LogP contribution in [0.1, 0.15) is 32.6 Å². The lowest BCUT2D eigenvalue weighted by Crippen LogP contribution is -2.28. The van der Waals surface area contributed by atoms with Gasteiger partial charge in [0.2, 0.25) is 11.9 Å². The van der Waals surface area contributed by atoms with Gasteiger partial charge in [-0.1, -0.05) is 20.8 Å². The molecule has 3 heterocycles. The number of anilines is 1. The molecule has 2 aromatic rings. The first-order valence-electron chi connectivity index (χ1n) is 8.08. The Bertz CT molecular complexity index is 851. The molecule has 0 spiro atoms. The number of hydrogen-bond acceptors (Lipinski definition) is 6. The molecule has 136 valence electrons. The van der Waals surface area contributed by atoms with Gasteiger partial charge in [0.15, 0.2) is 11.2 Å². The third-order valence-corrected chi connectivity index (χ3v) is 5.89. The molecule has 1 saturated heterocycles. The lowest BCUT2D eigenvalue weighted by Gasteiger charge is -2.16. The Morgan fingerprint density at radius 2 is 2.28 bits per heavy atom. The summed E-state index contributed by atoms with van der Waals surface area (Å²) in [5.74, 6) is -0.575. The molecule has 0 aromatic carbocycles. The van der Waals surface area contributed by atoms with Crippen LogP contribution in [0.5, 0.6) is 0 Å². The second kappa shape index (κ2) is 6.75. The summed E-state index contributed by atoms with van der Waals surface area (Å²) in [6.07, 6.45) is -0.635. The van der Waals surface area contributed by atoms with Crippen LogP contribution >= 0.6 is 11.8 Å². The summed E-state index contributed by atoms with van der Waals surface area (Å²) in [5, 5.41) is 11.8. The fourth-order valence-corrected chi connectivity index (χ4v) is 4.15. The summed E-state index contributed by atoms with van der Waals surface area (Å²) >= 11 is 1.29. The third kappa shape index (κ3) is 3.15. The standard InChI is InChI=1S/C15H20FN5O3S/c1-4-7-8(16)10(22)14(25-7)21-5-17-9-11(21)18-15(20-13(9)24)19-12(23)6(2)3/h5-8,10,14,22H,4H2,1-3H3,(H2,18,19,20,23,24)/t7-,8+,10?,14-/m1/s1. The number of nitrogens with zero attached hydrogens (tertiary/aromatic N) is 3. The molecule has 2 aromatic heterocycles. The molecule has 4 atom stereocenters. The van der Waals surface area contributed by atoms with E-state index in [1.165, 1.54) is 22.7 Å². The molecule has 0 radical (unpaired) electrons. The first kappa shape index (κ1) is 17.9. The van der Waals surface area contributed by atoms with E-state index in [2.05, 4.69) is 20.3 Å². The average Bonchev–Trinajstić information content (AvgIpc) is 3.10. The lowest BCUT2D eigenvalue weighted by molar-refractivity contribution is -0.118. The number of carbonyl (C=O) groups is 1. The first-order chi connectivity index (χ1) is 11.8. The second-order valence-corrected chi connectivity index (χ2v) is 7.65. The number of nitrogens with one attached hydrogen (secondary N) is 2. The van der Waals surface area contributed by atoms with Gasteiger partial charge in [-0.2, -0.15) is 4.98 Å². The molecule has 0 saturated carbocycles. The molecule has 1 aliphatic heterocycles. The number of H-pyrrole nitrogens is 1. The van der Waals surface area contributed by atoms with Crippen LogP contribution in [0.3, 0.4) is 0 Å². The molecule has 8 nitrogen and oxygen atoms in total. The maximum atomic E-state index is 14.2. The zero-order valence-corrected chi connectivity index (χ0v) is 14.9. The Balaban J connectivity index is 2.01. The van der Waals surface area contributed by atoms with Crippen LogP contribution in [-0.2, 0) is 4.79 Å². The minimum atomic E-state index is -1.36. The molecule has 1 amide bonds. The van der Waals surface area contributed by atoms with Crippen LogP contribution < -0.4 is 10.9 Å². The number of carbonyl (C=O) groups excluding carboxylic acids is 1. The van der Waals surface area contributed by atoms with Gasteiger partial charge in [-0.3, -0.25) is 24.5 Å². The van der Waals surface area contributed by atoms with Crippen molar-refractivity contribution in [3.05, 3.63) is 16.7 Å². The summed E-state index contributed by atoms with van der Waals surface area (Å²) in [4.78, 5) is 34.7. The van der Waals surface area contributed by atoms with E-state index in [-0.39, 0.29) is 34.2 Å². The van der Waals surface area contributed by atoms with Crippen molar-refractivity contribution in [1.29, 1.82) is 0 Å². The van der Waals surface area contributed by atoms with Crippen molar-refractivity contribution in [3.63, 3.8) is 0 Å². The van der Waals surface area contributed by atoms with Crippen LogP contribution in [0.15, 0.2) is 11.1 Å². The highest BCUT2D eigenvalue weighted by molar-refractivity contribution is 8.00. The van der Waals surface area contributed by atoms with E-state index in [0.717, 1.165) is 0 Å². The monoisotopic (exact) mass is 369 g/mol. The first-order valence-corrected chi connectivity index (χ1v) is 9.03. The van der Waals surface area contributed by atoms with E-state index < -0.39 is 23.2 Å². The van der Waals surface area contributed by atoms with Gasteiger partial charge in [0.25, 0.3) is 5.56 Å². The predicted molar refractivity (Wildman–Crippen MR) is 93.2 cm³/mol. The predicted octanol–water partition coefficient (Wildman–Crippen LogP) is 1.44. The number of hydrogen-bond donors (Lipinski definition) is 3. The van der Waals surface area contributed by atoms with E-state index in [1.807, 2.05) is 6.92 Å². The fraction of sp³-hybridized carbons (Fsp3) is 0.600. The van der Waals surface area contributed by atoms with Crippen LogP contribution in [0.4, 0.5) is 10.3 Å². The zero-order chi connectivity index (χ0) is 18.3. The molecule has 1 unspecified atom stereocenters. The molecule has 1 fully saturated rings. The summed E-state index contributed by atoms with van der Waals surface area (Å²) < 4.78 is 15.7. The molecule has 0 aliphatic carbocycles. The molecule has 3 N–H and O–H groups in total. The number of rotatable bonds is 4. The Hall–Kier alpha value is -1.94. The number of thioether (sulfide) groups is 1. The van der Waals surface area contributed by atoms with E-state index in [1.54, 1.807) is 13.8 Å². The van der Waals surface area contributed by atoms with Crippen LogP contribution in [0.25, 0.3) is 11.2 Å². The van der Waals surface area contributed by atoms with Crippen molar-refractivity contribution in [2.75, 3.05) is 5.32 Å². The quantitative estimate of drug-likeness (QED) is 0.752. The van der Waals surface area contributed by atoms with Gasteiger partial charge >= 0.3 is 0 Å². The molecular formula is C15H20FN5O3S. The van der Waals surface area contributed by atoms with Gasteiger partial charge < -0.3 is 5.11 Å².